The van der Waals surface area contributed by atoms with Crippen molar-refractivity contribution in [1.82, 2.24) is 10.6 Å². The van der Waals surface area contributed by atoms with Gasteiger partial charge in [-0.3, -0.25) is 4.79 Å². The van der Waals surface area contributed by atoms with Crippen molar-refractivity contribution >= 4 is 12.0 Å². The highest BCUT2D eigenvalue weighted by atomic mass is 19.1. The molecule has 2 amide bonds. The minimum atomic E-state index is -0.950. The van der Waals surface area contributed by atoms with Gasteiger partial charge in [-0.15, -0.1) is 0 Å². The summed E-state index contributed by atoms with van der Waals surface area (Å²) in [4.78, 5) is 22.4. The van der Waals surface area contributed by atoms with Crippen LogP contribution in [-0.2, 0) is 11.2 Å². The van der Waals surface area contributed by atoms with E-state index in [1.54, 1.807) is 12.1 Å². The SMILES string of the molecule is CC(C)C(CC(=O)O)NC(=O)NCCc1cccc(F)c1. The molecule has 0 heterocycles. The van der Waals surface area contributed by atoms with Crippen molar-refractivity contribution in [2.24, 2.45) is 5.92 Å². The van der Waals surface area contributed by atoms with Crippen molar-refractivity contribution < 1.29 is 19.1 Å². The van der Waals surface area contributed by atoms with Gasteiger partial charge in [0.25, 0.3) is 0 Å². The van der Waals surface area contributed by atoms with E-state index in [4.69, 9.17) is 5.11 Å². The van der Waals surface area contributed by atoms with Crippen molar-refractivity contribution in [3.05, 3.63) is 35.6 Å². The zero-order valence-corrected chi connectivity index (χ0v) is 12.2. The molecule has 21 heavy (non-hydrogen) atoms. The van der Waals surface area contributed by atoms with Crippen LogP contribution >= 0.6 is 0 Å². The molecule has 116 valence electrons. The van der Waals surface area contributed by atoms with Gasteiger partial charge in [-0.2, -0.15) is 0 Å². The Morgan fingerprint density at radius 1 is 1.33 bits per heavy atom. The average Bonchev–Trinajstić information content (AvgIpc) is 2.37. The summed E-state index contributed by atoms with van der Waals surface area (Å²) in [6.45, 7) is 4.05. The Bertz CT molecular complexity index is 492. The second-order valence-corrected chi connectivity index (χ2v) is 5.23. The van der Waals surface area contributed by atoms with Crippen molar-refractivity contribution in [2.75, 3.05) is 6.54 Å². The van der Waals surface area contributed by atoms with Crippen LogP contribution < -0.4 is 10.6 Å². The molecule has 1 atom stereocenters. The smallest absolute Gasteiger partial charge is 0.315 e. The maximum Gasteiger partial charge on any atom is 0.315 e. The van der Waals surface area contributed by atoms with Gasteiger partial charge in [0.1, 0.15) is 5.82 Å². The molecule has 0 spiro atoms. The number of carboxylic acid groups (broad SMARTS) is 1. The third-order valence-electron chi connectivity index (χ3n) is 3.10. The fourth-order valence-corrected chi connectivity index (χ4v) is 1.87. The second kappa shape index (κ2) is 8.24. The van der Waals surface area contributed by atoms with Crippen LogP contribution in [0.25, 0.3) is 0 Å². The molecule has 0 aliphatic heterocycles. The van der Waals surface area contributed by atoms with Crippen LogP contribution in [0.1, 0.15) is 25.8 Å². The molecule has 3 N–H and O–H groups in total. The van der Waals surface area contributed by atoms with Gasteiger partial charge < -0.3 is 15.7 Å². The highest BCUT2D eigenvalue weighted by Gasteiger charge is 2.18. The standard InChI is InChI=1S/C15H21FN2O3/c1-10(2)13(9-14(19)20)18-15(21)17-7-6-11-4-3-5-12(16)8-11/h3-5,8,10,13H,6-7,9H2,1-2H3,(H,19,20)(H2,17,18,21). The number of carbonyl (C=O) groups excluding carboxylic acids is 1. The Balaban J connectivity index is 2.37. The summed E-state index contributed by atoms with van der Waals surface area (Å²) < 4.78 is 13.0. The van der Waals surface area contributed by atoms with Gasteiger partial charge in [0.15, 0.2) is 0 Å². The molecular weight excluding hydrogens is 275 g/mol. The number of urea groups is 1. The minimum absolute atomic E-state index is 0.0232. The van der Waals surface area contributed by atoms with Gasteiger partial charge >= 0.3 is 12.0 Å². The van der Waals surface area contributed by atoms with Gasteiger partial charge in [0.05, 0.1) is 6.42 Å². The lowest BCUT2D eigenvalue weighted by molar-refractivity contribution is -0.137. The van der Waals surface area contributed by atoms with E-state index in [0.29, 0.717) is 13.0 Å². The molecule has 0 radical (unpaired) electrons. The molecule has 0 fully saturated rings. The highest BCUT2D eigenvalue weighted by molar-refractivity contribution is 5.75. The molecule has 0 saturated heterocycles. The number of benzene rings is 1. The molecule has 1 aromatic carbocycles. The second-order valence-electron chi connectivity index (χ2n) is 5.23. The molecule has 0 saturated carbocycles. The van der Waals surface area contributed by atoms with Gasteiger partial charge in [-0.25, -0.2) is 9.18 Å². The summed E-state index contributed by atoms with van der Waals surface area (Å²) in [5.74, 6) is -1.23. The maximum absolute atomic E-state index is 13.0. The number of halogens is 1. The number of carboxylic acids is 1. The van der Waals surface area contributed by atoms with E-state index in [-0.39, 0.29) is 18.2 Å². The van der Waals surface area contributed by atoms with E-state index >= 15 is 0 Å². The van der Waals surface area contributed by atoms with Crippen molar-refractivity contribution in [1.29, 1.82) is 0 Å². The number of rotatable bonds is 7. The first-order chi connectivity index (χ1) is 9.88. The molecule has 0 aliphatic carbocycles. The summed E-state index contributed by atoms with van der Waals surface area (Å²) in [6.07, 6.45) is 0.394. The van der Waals surface area contributed by atoms with Crippen LogP contribution in [0.2, 0.25) is 0 Å². The van der Waals surface area contributed by atoms with E-state index in [0.717, 1.165) is 5.56 Å². The van der Waals surface area contributed by atoms with E-state index in [1.165, 1.54) is 12.1 Å². The third-order valence-corrected chi connectivity index (χ3v) is 3.10. The van der Waals surface area contributed by atoms with Gasteiger partial charge in [0, 0.05) is 12.6 Å². The zero-order valence-electron chi connectivity index (χ0n) is 12.2. The van der Waals surface area contributed by atoms with Crippen molar-refractivity contribution in [3.63, 3.8) is 0 Å². The van der Waals surface area contributed by atoms with Gasteiger partial charge in [0.2, 0.25) is 0 Å². The molecule has 1 unspecified atom stereocenters. The predicted molar refractivity (Wildman–Crippen MR) is 77.5 cm³/mol. The van der Waals surface area contributed by atoms with Crippen LogP contribution in [-0.4, -0.2) is 29.7 Å². The summed E-state index contributed by atoms with van der Waals surface area (Å²) in [7, 11) is 0. The molecule has 5 nitrogen and oxygen atoms in total. The molecule has 0 bridgehead atoms. The van der Waals surface area contributed by atoms with Crippen LogP contribution in [0, 0.1) is 11.7 Å². The lowest BCUT2D eigenvalue weighted by Gasteiger charge is -2.20. The molecular formula is C15H21FN2O3. The Labute approximate surface area is 123 Å². The van der Waals surface area contributed by atoms with E-state index in [2.05, 4.69) is 10.6 Å². The summed E-state index contributed by atoms with van der Waals surface area (Å²) >= 11 is 0. The predicted octanol–water partition coefficient (Wildman–Crippen LogP) is 2.17. The summed E-state index contributed by atoms with van der Waals surface area (Å²) in [5.41, 5.74) is 0.793. The van der Waals surface area contributed by atoms with Crippen LogP contribution in [0.5, 0.6) is 0 Å². The quantitative estimate of drug-likeness (QED) is 0.721. The maximum atomic E-state index is 13.0. The fourth-order valence-electron chi connectivity index (χ4n) is 1.87. The van der Waals surface area contributed by atoms with Gasteiger partial charge in [-0.05, 0) is 30.0 Å². The molecule has 1 aromatic rings. The summed E-state index contributed by atoms with van der Waals surface area (Å²) in [6, 6.07) is 5.35. The Morgan fingerprint density at radius 3 is 2.62 bits per heavy atom. The largest absolute Gasteiger partial charge is 0.481 e. The number of carbonyl (C=O) groups is 2. The van der Waals surface area contributed by atoms with E-state index in [9.17, 15) is 14.0 Å². The summed E-state index contributed by atoms with van der Waals surface area (Å²) in [5, 5.41) is 14.1. The number of nitrogens with one attached hydrogen (secondary N) is 2. The van der Waals surface area contributed by atoms with Crippen LogP contribution in [0.15, 0.2) is 24.3 Å². The molecule has 1 rings (SSSR count). The minimum Gasteiger partial charge on any atom is -0.481 e. The Kier molecular flexibility index (Phi) is 6.65. The average molecular weight is 296 g/mol. The molecule has 6 heteroatoms. The molecule has 0 aromatic heterocycles. The fraction of sp³-hybridized carbons (Fsp3) is 0.467. The van der Waals surface area contributed by atoms with E-state index < -0.39 is 18.0 Å². The number of hydrogen-bond acceptors (Lipinski definition) is 2. The first kappa shape index (κ1) is 16.9. The van der Waals surface area contributed by atoms with Gasteiger partial charge in [-0.1, -0.05) is 26.0 Å². The number of aliphatic carboxylic acids is 1. The number of hydrogen-bond donors (Lipinski definition) is 3. The first-order valence-electron chi connectivity index (χ1n) is 6.89. The Morgan fingerprint density at radius 2 is 2.05 bits per heavy atom. The Hall–Kier alpha value is -2.11. The van der Waals surface area contributed by atoms with Crippen LogP contribution in [0.4, 0.5) is 9.18 Å². The number of amides is 2. The van der Waals surface area contributed by atoms with E-state index in [1.807, 2.05) is 13.8 Å². The van der Waals surface area contributed by atoms with Crippen molar-refractivity contribution in [2.45, 2.75) is 32.7 Å². The highest BCUT2D eigenvalue weighted by Crippen LogP contribution is 2.06. The zero-order chi connectivity index (χ0) is 15.8. The van der Waals surface area contributed by atoms with Crippen molar-refractivity contribution in [3.8, 4) is 0 Å². The topological polar surface area (TPSA) is 78.4 Å². The van der Waals surface area contributed by atoms with Crippen LogP contribution in [0.3, 0.4) is 0 Å². The monoisotopic (exact) mass is 296 g/mol. The third kappa shape index (κ3) is 6.74. The molecule has 0 aliphatic rings. The first-order valence-corrected chi connectivity index (χ1v) is 6.89. The lowest BCUT2D eigenvalue weighted by atomic mass is 10.0. The lowest BCUT2D eigenvalue weighted by Crippen LogP contribution is -2.45. The normalized spacial score (nSPS) is 12.0.